The molecular formula is C20H23N3O2. The molecule has 0 saturated carbocycles. The van der Waals surface area contributed by atoms with Crippen molar-refractivity contribution >= 4 is 10.8 Å². The number of hydrogen-bond acceptors (Lipinski definition) is 4. The van der Waals surface area contributed by atoms with Crippen molar-refractivity contribution in [2.24, 2.45) is 0 Å². The average Bonchev–Trinajstić information content (AvgIpc) is 2.63. The molecule has 2 aromatic carbocycles. The molecular weight excluding hydrogens is 314 g/mol. The third-order valence-corrected chi connectivity index (χ3v) is 4.35. The number of nitrogens with one attached hydrogen (secondary N) is 1. The Hall–Kier alpha value is -2.66. The van der Waals surface area contributed by atoms with Gasteiger partial charge in [-0.05, 0) is 37.1 Å². The molecule has 0 unspecified atom stereocenters. The fraction of sp³-hybridized carbons (Fsp3) is 0.300. The van der Waals surface area contributed by atoms with Crippen LogP contribution in [-0.4, -0.2) is 29.5 Å². The molecule has 0 saturated heterocycles. The Morgan fingerprint density at radius 3 is 2.80 bits per heavy atom. The Labute approximate surface area is 147 Å². The van der Waals surface area contributed by atoms with Crippen LogP contribution in [0, 0.1) is 13.8 Å². The summed E-state index contributed by atoms with van der Waals surface area (Å²) in [5.74, 6) is 0.925. The van der Waals surface area contributed by atoms with E-state index in [1.165, 1.54) is 15.8 Å². The van der Waals surface area contributed by atoms with Gasteiger partial charge in [-0.15, -0.1) is 0 Å². The summed E-state index contributed by atoms with van der Waals surface area (Å²) < 4.78 is 7.31. The standard InChI is InChI=1S/C20H23N3O2/c1-15-6-5-9-19(16(15)2)25-13-11-21-10-12-23-20(24)18-8-4-3-7-17(18)14-22-23/h3-9,14,21H,10-13H2,1-2H3. The molecule has 0 amide bonds. The zero-order chi connectivity index (χ0) is 17.6. The van der Waals surface area contributed by atoms with Crippen LogP contribution in [0.5, 0.6) is 5.75 Å². The zero-order valence-corrected chi connectivity index (χ0v) is 14.7. The molecule has 1 N–H and O–H groups in total. The summed E-state index contributed by atoms with van der Waals surface area (Å²) in [6, 6.07) is 13.6. The number of nitrogens with zero attached hydrogens (tertiary/aromatic N) is 2. The Bertz CT molecular complexity index is 918. The molecule has 0 radical (unpaired) electrons. The first-order valence-electron chi connectivity index (χ1n) is 8.51. The maximum Gasteiger partial charge on any atom is 0.274 e. The molecule has 5 nitrogen and oxygen atoms in total. The van der Waals surface area contributed by atoms with E-state index >= 15 is 0 Å². The van der Waals surface area contributed by atoms with E-state index in [0.29, 0.717) is 25.1 Å². The predicted molar refractivity (Wildman–Crippen MR) is 100 cm³/mol. The summed E-state index contributed by atoms with van der Waals surface area (Å²) in [6.45, 7) is 6.65. The summed E-state index contributed by atoms with van der Waals surface area (Å²) >= 11 is 0. The minimum absolute atomic E-state index is 0.0495. The van der Waals surface area contributed by atoms with E-state index in [1.807, 2.05) is 36.4 Å². The summed E-state index contributed by atoms with van der Waals surface area (Å²) in [5, 5.41) is 9.09. The lowest BCUT2D eigenvalue weighted by Gasteiger charge is -2.11. The fourth-order valence-corrected chi connectivity index (χ4v) is 2.71. The van der Waals surface area contributed by atoms with Gasteiger partial charge in [0.15, 0.2) is 0 Å². The smallest absolute Gasteiger partial charge is 0.274 e. The molecule has 5 heteroatoms. The van der Waals surface area contributed by atoms with E-state index in [-0.39, 0.29) is 5.56 Å². The van der Waals surface area contributed by atoms with Crippen molar-refractivity contribution in [1.29, 1.82) is 0 Å². The van der Waals surface area contributed by atoms with Crippen molar-refractivity contribution in [2.75, 3.05) is 19.7 Å². The van der Waals surface area contributed by atoms with Gasteiger partial charge in [0.2, 0.25) is 0 Å². The van der Waals surface area contributed by atoms with Crippen molar-refractivity contribution in [2.45, 2.75) is 20.4 Å². The molecule has 0 aliphatic heterocycles. The lowest BCUT2D eigenvalue weighted by atomic mass is 10.1. The number of ether oxygens (including phenoxy) is 1. The molecule has 1 heterocycles. The lowest BCUT2D eigenvalue weighted by molar-refractivity contribution is 0.310. The first-order valence-corrected chi connectivity index (χ1v) is 8.51. The SMILES string of the molecule is Cc1cccc(OCCNCCn2ncc3ccccc3c2=O)c1C. The molecule has 0 fully saturated rings. The number of aryl methyl sites for hydroxylation is 1. The van der Waals surface area contributed by atoms with E-state index in [0.717, 1.165) is 17.7 Å². The molecule has 3 rings (SSSR count). The maximum atomic E-state index is 12.4. The fourth-order valence-electron chi connectivity index (χ4n) is 2.71. The van der Waals surface area contributed by atoms with Crippen LogP contribution in [0.25, 0.3) is 10.8 Å². The highest BCUT2D eigenvalue weighted by Crippen LogP contribution is 2.20. The third-order valence-electron chi connectivity index (χ3n) is 4.35. The van der Waals surface area contributed by atoms with Crippen LogP contribution in [0.15, 0.2) is 53.5 Å². The molecule has 1 aromatic heterocycles. The lowest BCUT2D eigenvalue weighted by Crippen LogP contribution is -2.30. The first kappa shape index (κ1) is 17.2. The van der Waals surface area contributed by atoms with Gasteiger partial charge in [-0.1, -0.05) is 30.3 Å². The van der Waals surface area contributed by atoms with E-state index < -0.39 is 0 Å². The van der Waals surface area contributed by atoms with Gasteiger partial charge in [0, 0.05) is 18.5 Å². The summed E-state index contributed by atoms with van der Waals surface area (Å²) in [6.07, 6.45) is 1.74. The number of hydrogen-bond donors (Lipinski definition) is 1. The number of benzene rings is 2. The molecule has 0 atom stereocenters. The topological polar surface area (TPSA) is 56.1 Å². The second-order valence-electron chi connectivity index (χ2n) is 6.06. The monoisotopic (exact) mass is 337 g/mol. The molecule has 3 aromatic rings. The normalized spacial score (nSPS) is 11.0. The highest BCUT2D eigenvalue weighted by molar-refractivity contribution is 5.80. The second kappa shape index (κ2) is 7.94. The summed E-state index contributed by atoms with van der Waals surface area (Å²) in [5.41, 5.74) is 2.35. The third kappa shape index (κ3) is 4.06. The van der Waals surface area contributed by atoms with Crippen LogP contribution in [0.1, 0.15) is 11.1 Å². The van der Waals surface area contributed by atoms with Crippen molar-refractivity contribution in [3.8, 4) is 5.75 Å². The van der Waals surface area contributed by atoms with Crippen molar-refractivity contribution in [3.63, 3.8) is 0 Å². The van der Waals surface area contributed by atoms with Crippen LogP contribution < -0.4 is 15.6 Å². The minimum Gasteiger partial charge on any atom is -0.492 e. The molecule has 0 aliphatic rings. The van der Waals surface area contributed by atoms with Crippen molar-refractivity contribution in [3.05, 3.63) is 70.1 Å². The Morgan fingerprint density at radius 1 is 1.08 bits per heavy atom. The van der Waals surface area contributed by atoms with Crippen LogP contribution in [0.2, 0.25) is 0 Å². The zero-order valence-electron chi connectivity index (χ0n) is 14.7. The number of rotatable bonds is 7. The quantitative estimate of drug-likeness (QED) is 0.674. The van der Waals surface area contributed by atoms with E-state index in [4.69, 9.17) is 4.74 Å². The Balaban J connectivity index is 1.47. The van der Waals surface area contributed by atoms with Gasteiger partial charge in [-0.25, -0.2) is 4.68 Å². The van der Waals surface area contributed by atoms with Gasteiger partial charge in [-0.2, -0.15) is 5.10 Å². The van der Waals surface area contributed by atoms with Gasteiger partial charge >= 0.3 is 0 Å². The number of aromatic nitrogens is 2. The van der Waals surface area contributed by atoms with E-state index in [9.17, 15) is 4.79 Å². The highest BCUT2D eigenvalue weighted by Gasteiger charge is 2.03. The average molecular weight is 337 g/mol. The van der Waals surface area contributed by atoms with Gasteiger partial charge in [0.05, 0.1) is 18.1 Å². The van der Waals surface area contributed by atoms with Gasteiger partial charge < -0.3 is 10.1 Å². The van der Waals surface area contributed by atoms with Crippen molar-refractivity contribution < 1.29 is 4.74 Å². The second-order valence-corrected chi connectivity index (χ2v) is 6.06. The summed E-state index contributed by atoms with van der Waals surface area (Å²) in [7, 11) is 0. The molecule has 0 bridgehead atoms. The highest BCUT2D eigenvalue weighted by atomic mass is 16.5. The van der Waals surface area contributed by atoms with Crippen molar-refractivity contribution in [1.82, 2.24) is 15.1 Å². The molecule has 0 aliphatic carbocycles. The van der Waals surface area contributed by atoms with Gasteiger partial charge in [0.1, 0.15) is 12.4 Å². The number of fused-ring (bicyclic) bond motifs is 1. The van der Waals surface area contributed by atoms with Crippen LogP contribution in [-0.2, 0) is 6.54 Å². The van der Waals surface area contributed by atoms with E-state index in [2.05, 4.69) is 30.3 Å². The van der Waals surface area contributed by atoms with Crippen LogP contribution in [0.3, 0.4) is 0 Å². The first-order chi connectivity index (χ1) is 12.2. The van der Waals surface area contributed by atoms with E-state index in [1.54, 1.807) is 6.20 Å². The Morgan fingerprint density at radius 2 is 1.92 bits per heavy atom. The molecule has 25 heavy (non-hydrogen) atoms. The minimum atomic E-state index is -0.0495. The molecule has 130 valence electrons. The Kier molecular flexibility index (Phi) is 5.46. The van der Waals surface area contributed by atoms with Crippen LogP contribution in [0.4, 0.5) is 0 Å². The van der Waals surface area contributed by atoms with Gasteiger partial charge in [0.25, 0.3) is 5.56 Å². The maximum absolute atomic E-state index is 12.4. The predicted octanol–water partition coefficient (Wildman–Crippen LogP) is 2.68. The van der Waals surface area contributed by atoms with Crippen LogP contribution >= 0.6 is 0 Å². The summed E-state index contributed by atoms with van der Waals surface area (Å²) in [4.78, 5) is 12.4. The largest absolute Gasteiger partial charge is 0.492 e. The molecule has 0 spiro atoms. The van der Waals surface area contributed by atoms with Gasteiger partial charge in [-0.3, -0.25) is 4.79 Å².